The number of carbonyl (C=O) groups excluding carboxylic acids is 2. The molecule has 1 aliphatic carbocycles. The highest BCUT2D eigenvalue weighted by Gasteiger charge is 2.46. The number of urea groups is 2. The van der Waals surface area contributed by atoms with Gasteiger partial charge in [0.15, 0.2) is 0 Å². The molecule has 0 radical (unpaired) electrons. The van der Waals surface area contributed by atoms with E-state index in [1.807, 2.05) is 13.0 Å². The zero-order valence-electron chi connectivity index (χ0n) is 24.0. The van der Waals surface area contributed by atoms with Gasteiger partial charge in [-0.25, -0.2) is 14.5 Å². The molecule has 5 rings (SSSR count). The first-order valence-corrected chi connectivity index (χ1v) is 15.5. The van der Waals surface area contributed by atoms with Gasteiger partial charge in [-0.3, -0.25) is 9.11 Å². The number of halogens is 3. The smallest absolute Gasteiger partial charge is 0.333 e. The lowest BCUT2D eigenvalue weighted by Gasteiger charge is -2.45. The first-order chi connectivity index (χ1) is 21.0. The summed E-state index contributed by atoms with van der Waals surface area (Å²) in [6, 6.07) is 17.6. The molecule has 226 valence electrons. The van der Waals surface area contributed by atoms with Crippen molar-refractivity contribution in [1.82, 2.24) is 10.2 Å². The van der Waals surface area contributed by atoms with Gasteiger partial charge in [-0.15, -0.1) is 0 Å². The molecule has 3 aromatic carbocycles. The number of anilines is 1. The number of imide groups is 1. The molecule has 1 heterocycles. The SMILES string of the molecule is CC=C1CCCC2=C1C(c1ccc(C#N)cc1)N(C(=O)NCc1ccc(S(C)=O)cc1)C(=O)N2c1cccc(C(F)(F)F)c1. The molecule has 0 saturated carbocycles. The Morgan fingerprint density at radius 2 is 1.80 bits per heavy atom. The minimum Gasteiger partial charge on any atom is -0.333 e. The van der Waals surface area contributed by atoms with Gasteiger partial charge in [-0.2, -0.15) is 18.4 Å². The maximum atomic E-state index is 14.4. The number of hydrogen-bond donors (Lipinski definition) is 1. The van der Waals surface area contributed by atoms with Crippen molar-refractivity contribution in [2.75, 3.05) is 11.2 Å². The van der Waals surface area contributed by atoms with E-state index in [0.717, 1.165) is 22.6 Å². The van der Waals surface area contributed by atoms with Gasteiger partial charge in [-0.1, -0.05) is 36.4 Å². The van der Waals surface area contributed by atoms with Crippen molar-refractivity contribution in [3.8, 4) is 6.07 Å². The van der Waals surface area contributed by atoms with Crippen molar-refractivity contribution in [2.45, 2.75) is 49.8 Å². The van der Waals surface area contributed by atoms with E-state index in [-0.39, 0.29) is 12.2 Å². The van der Waals surface area contributed by atoms with Crippen molar-refractivity contribution in [3.63, 3.8) is 0 Å². The number of nitriles is 1. The summed E-state index contributed by atoms with van der Waals surface area (Å²) in [5.74, 6) is 0. The van der Waals surface area contributed by atoms with Gasteiger partial charge >= 0.3 is 18.2 Å². The molecule has 3 aromatic rings. The molecule has 44 heavy (non-hydrogen) atoms. The maximum absolute atomic E-state index is 14.4. The third-order valence-electron chi connectivity index (χ3n) is 7.77. The number of nitrogens with zero attached hydrogens (tertiary/aromatic N) is 3. The van der Waals surface area contributed by atoms with Crippen LogP contribution in [-0.4, -0.2) is 27.4 Å². The largest absolute Gasteiger partial charge is 0.416 e. The minimum atomic E-state index is -4.63. The number of amides is 4. The first-order valence-electron chi connectivity index (χ1n) is 13.9. The molecule has 0 fully saturated rings. The van der Waals surface area contributed by atoms with Gasteiger partial charge in [0.2, 0.25) is 0 Å². The topological polar surface area (TPSA) is 93.5 Å². The van der Waals surface area contributed by atoms with E-state index in [9.17, 15) is 32.2 Å². The lowest BCUT2D eigenvalue weighted by Crippen LogP contribution is -2.56. The fourth-order valence-corrected chi connectivity index (χ4v) is 6.16. The molecule has 2 atom stereocenters. The Morgan fingerprint density at radius 1 is 1.09 bits per heavy atom. The van der Waals surface area contributed by atoms with Crippen LogP contribution < -0.4 is 10.2 Å². The second-order valence-corrected chi connectivity index (χ2v) is 11.8. The Hall–Kier alpha value is -4.69. The maximum Gasteiger partial charge on any atom is 0.416 e. The Labute approximate surface area is 255 Å². The summed E-state index contributed by atoms with van der Waals surface area (Å²) in [5.41, 5.74) is 2.88. The van der Waals surface area contributed by atoms with Crippen LogP contribution in [0.3, 0.4) is 0 Å². The first kappa shape index (κ1) is 30.8. The summed E-state index contributed by atoms with van der Waals surface area (Å²) in [4.78, 5) is 31.3. The van der Waals surface area contributed by atoms with Crippen molar-refractivity contribution >= 4 is 28.5 Å². The highest BCUT2D eigenvalue weighted by atomic mass is 32.2. The van der Waals surface area contributed by atoms with Gasteiger partial charge in [-0.05, 0) is 85.4 Å². The number of allylic oxidation sites excluding steroid dienone is 2. The number of nitrogens with one attached hydrogen (secondary N) is 1. The highest BCUT2D eigenvalue weighted by Crippen LogP contribution is 2.48. The van der Waals surface area contributed by atoms with Crippen LogP contribution >= 0.6 is 0 Å². The Kier molecular flexibility index (Phi) is 8.74. The standard InChI is InChI=1S/C33H29F3N4O3S/c1-3-23-6-4-9-28-29(23)30(24-14-10-21(19-37)11-15-24)40(31(41)38-20-22-12-16-27(17-13-22)44(2)43)32(42)39(28)26-8-5-7-25(18-26)33(34,35)36/h3,5,7-8,10-18,30H,4,6,9,20H2,1-2H3,(H,38,41). The Balaban J connectivity index is 1.64. The molecule has 0 aromatic heterocycles. The number of benzene rings is 3. The average molecular weight is 619 g/mol. The molecule has 4 amide bonds. The Morgan fingerprint density at radius 3 is 2.41 bits per heavy atom. The molecule has 2 aliphatic rings. The number of alkyl halides is 3. The van der Waals surface area contributed by atoms with E-state index in [0.29, 0.717) is 52.1 Å². The van der Waals surface area contributed by atoms with Crippen LogP contribution in [0.5, 0.6) is 0 Å². The van der Waals surface area contributed by atoms with Crippen LogP contribution in [0.25, 0.3) is 0 Å². The van der Waals surface area contributed by atoms with E-state index in [2.05, 4.69) is 11.4 Å². The average Bonchev–Trinajstić information content (AvgIpc) is 3.02. The minimum absolute atomic E-state index is 0.00825. The van der Waals surface area contributed by atoms with E-state index in [1.54, 1.807) is 54.8 Å². The van der Waals surface area contributed by atoms with E-state index in [4.69, 9.17) is 0 Å². The molecule has 7 nitrogen and oxygen atoms in total. The fourth-order valence-electron chi connectivity index (χ4n) is 5.64. The summed E-state index contributed by atoms with van der Waals surface area (Å²) in [7, 11) is -1.17. The van der Waals surface area contributed by atoms with E-state index < -0.39 is 40.6 Å². The fraction of sp³-hybridized carbons (Fsp3) is 0.242. The zero-order chi connectivity index (χ0) is 31.6. The summed E-state index contributed by atoms with van der Waals surface area (Å²) in [6.45, 7) is 1.90. The predicted octanol–water partition coefficient (Wildman–Crippen LogP) is 7.59. The third-order valence-corrected chi connectivity index (χ3v) is 8.70. The second-order valence-electron chi connectivity index (χ2n) is 10.5. The third kappa shape index (κ3) is 6.03. The number of rotatable bonds is 5. The molecular weight excluding hydrogens is 589 g/mol. The van der Waals surface area contributed by atoms with Gasteiger partial charge in [0.1, 0.15) is 0 Å². The highest BCUT2D eigenvalue weighted by molar-refractivity contribution is 7.84. The summed E-state index contributed by atoms with van der Waals surface area (Å²) in [5, 5.41) is 12.1. The van der Waals surface area contributed by atoms with Crippen LogP contribution in [0.15, 0.2) is 101 Å². The Bertz CT molecular complexity index is 1720. The van der Waals surface area contributed by atoms with Crippen molar-refractivity contribution in [1.29, 1.82) is 5.26 Å². The van der Waals surface area contributed by atoms with Crippen LogP contribution in [0, 0.1) is 11.3 Å². The molecule has 1 N–H and O–H groups in total. The van der Waals surface area contributed by atoms with Gasteiger partial charge < -0.3 is 5.32 Å². The summed E-state index contributed by atoms with van der Waals surface area (Å²) in [6.07, 6.45) is 0.586. The molecule has 2 unspecified atom stereocenters. The number of carbonyl (C=O) groups is 2. The second kappa shape index (κ2) is 12.5. The van der Waals surface area contributed by atoms with Gasteiger partial charge in [0.25, 0.3) is 0 Å². The van der Waals surface area contributed by atoms with Crippen molar-refractivity contribution in [2.24, 2.45) is 0 Å². The van der Waals surface area contributed by atoms with Gasteiger partial charge in [0, 0.05) is 39.8 Å². The molecule has 0 spiro atoms. The van der Waals surface area contributed by atoms with Crippen molar-refractivity contribution < 1.29 is 27.0 Å². The zero-order valence-corrected chi connectivity index (χ0v) is 24.8. The van der Waals surface area contributed by atoms with Crippen molar-refractivity contribution in [3.05, 3.63) is 118 Å². The normalized spacial score (nSPS) is 18.6. The van der Waals surface area contributed by atoms with Crippen LogP contribution in [0.2, 0.25) is 0 Å². The van der Waals surface area contributed by atoms with Crippen LogP contribution in [-0.2, 0) is 23.5 Å². The molecule has 1 aliphatic heterocycles. The quantitative estimate of drug-likeness (QED) is 0.319. The van der Waals surface area contributed by atoms with E-state index >= 15 is 0 Å². The lowest BCUT2D eigenvalue weighted by atomic mass is 9.80. The predicted molar refractivity (Wildman–Crippen MR) is 161 cm³/mol. The van der Waals surface area contributed by atoms with Crippen LogP contribution in [0.4, 0.5) is 28.4 Å². The molecular formula is C33H29F3N4O3S. The monoisotopic (exact) mass is 618 g/mol. The molecule has 11 heteroatoms. The van der Waals surface area contributed by atoms with E-state index in [1.165, 1.54) is 17.0 Å². The van der Waals surface area contributed by atoms with Gasteiger partial charge in [0.05, 0.1) is 28.9 Å². The molecule has 0 bridgehead atoms. The van der Waals surface area contributed by atoms with Crippen LogP contribution in [0.1, 0.15) is 54.5 Å². The summed E-state index contributed by atoms with van der Waals surface area (Å²) >= 11 is 0. The lowest BCUT2D eigenvalue weighted by molar-refractivity contribution is -0.137. The molecule has 0 saturated heterocycles. The summed E-state index contributed by atoms with van der Waals surface area (Å²) < 4.78 is 52.9. The number of hydrogen-bond acceptors (Lipinski definition) is 4.